The molecule has 0 heterocycles. The number of rotatable bonds is 15. The van der Waals surface area contributed by atoms with Crippen molar-refractivity contribution in [2.45, 2.75) is 30.8 Å². The molecule has 0 radical (unpaired) electrons. The molecule has 2 N–H and O–H groups in total. The Kier molecular flexibility index (Phi) is 10.9. The second kappa shape index (κ2) is 14.4. The Morgan fingerprint density at radius 2 is 1.46 bits per heavy atom. The third kappa shape index (κ3) is 8.86. The van der Waals surface area contributed by atoms with Gasteiger partial charge in [0, 0.05) is 18.7 Å². The van der Waals surface area contributed by atoms with Gasteiger partial charge >= 0.3 is 0 Å². The highest BCUT2D eigenvalue weighted by Crippen LogP contribution is 2.40. The quantitative estimate of drug-likeness (QED) is 0.267. The summed E-state index contributed by atoms with van der Waals surface area (Å²) < 4.78 is 62.5. The molecule has 39 heavy (non-hydrogen) atoms. The molecule has 0 unspecified atom stereocenters. The molecular formula is C28H33FN2O7S. The molecule has 0 aliphatic rings. The lowest BCUT2D eigenvalue weighted by atomic mass is 10.1. The molecule has 3 aromatic carbocycles. The van der Waals surface area contributed by atoms with E-state index < -0.39 is 10.0 Å². The highest BCUT2D eigenvalue weighted by molar-refractivity contribution is 7.92. The minimum atomic E-state index is -3.84. The van der Waals surface area contributed by atoms with E-state index >= 15 is 0 Å². The summed E-state index contributed by atoms with van der Waals surface area (Å²) in [5, 5.41) is 2.80. The number of sulfonamides is 1. The molecule has 0 saturated carbocycles. The van der Waals surface area contributed by atoms with Crippen LogP contribution in [0.2, 0.25) is 0 Å². The average molecular weight is 561 g/mol. The molecule has 0 aromatic heterocycles. The summed E-state index contributed by atoms with van der Waals surface area (Å²) in [6.07, 6.45) is 2.30. The number of hydrogen-bond acceptors (Lipinski definition) is 7. The van der Waals surface area contributed by atoms with Crippen molar-refractivity contribution in [1.29, 1.82) is 0 Å². The normalized spacial score (nSPS) is 11.1. The van der Waals surface area contributed by atoms with Crippen molar-refractivity contribution in [2.24, 2.45) is 0 Å². The number of halogens is 1. The van der Waals surface area contributed by atoms with E-state index in [-0.39, 0.29) is 35.5 Å². The van der Waals surface area contributed by atoms with E-state index in [1.165, 1.54) is 45.6 Å². The van der Waals surface area contributed by atoms with Crippen LogP contribution in [0.25, 0.3) is 0 Å². The number of carbonyl (C=O) groups is 1. The summed E-state index contributed by atoms with van der Waals surface area (Å²) in [4.78, 5) is 12.0. The number of anilines is 1. The maximum absolute atomic E-state index is 12.9. The number of unbranched alkanes of at least 4 members (excludes halogenated alkanes) is 1. The molecule has 0 bridgehead atoms. The van der Waals surface area contributed by atoms with Crippen molar-refractivity contribution in [3.63, 3.8) is 0 Å². The molecule has 11 heteroatoms. The van der Waals surface area contributed by atoms with E-state index in [0.29, 0.717) is 23.8 Å². The Labute approximate surface area is 228 Å². The second-order valence-electron chi connectivity index (χ2n) is 8.59. The Morgan fingerprint density at radius 3 is 2.05 bits per heavy atom. The van der Waals surface area contributed by atoms with E-state index in [2.05, 4.69) is 10.0 Å². The first-order valence-electron chi connectivity index (χ1n) is 12.3. The summed E-state index contributed by atoms with van der Waals surface area (Å²) in [6.45, 7) is 0.665. The highest BCUT2D eigenvalue weighted by atomic mass is 32.2. The van der Waals surface area contributed by atoms with Gasteiger partial charge in [-0.3, -0.25) is 9.52 Å². The van der Waals surface area contributed by atoms with E-state index in [0.717, 1.165) is 30.4 Å². The van der Waals surface area contributed by atoms with Crippen LogP contribution < -0.4 is 24.2 Å². The molecule has 0 fully saturated rings. The monoisotopic (exact) mass is 560 g/mol. The van der Waals surface area contributed by atoms with Crippen molar-refractivity contribution in [1.82, 2.24) is 5.32 Å². The van der Waals surface area contributed by atoms with Crippen molar-refractivity contribution >= 4 is 21.6 Å². The Hall–Kier alpha value is -3.83. The molecule has 0 atom stereocenters. The first-order valence-corrected chi connectivity index (χ1v) is 13.7. The number of nitrogens with one attached hydrogen (secondary N) is 2. The molecule has 1 amide bonds. The van der Waals surface area contributed by atoms with Crippen LogP contribution in [0.15, 0.2) is 65.6 Å². The fourth-order valence-corrected chi connectivity index (χ4v) is 4.80. The van der Waals surface area contributed by atoms with Gasteiger partial charge in [-0.15, -0.1) is 0 Å². The van der Waals surface area contributed by atoms with Gasteiger partial charge in [0.2, 0.25) is 11.7 Å². The van der Waals surface area contributed by atoms with Crippen LogP contribution in [-0.4, -0.2) is 48.8 Å². The molecule has 9 nitrogen and oxygen atoms in total. The molecule has 3 aromatic rings. The fourth-order valence-electron chi connectivity index (χ4n) is 3.76. The smallest absolute Gasteiger partial charge is 0.261 e. The van der Waals surface area contributed by atoms with Crippen LogP contribution in [-0.2, 0) is 32.6 Å². The summed E-state index contributed by atoms with van der Waals surface area (Å²) in [6, 6.07) is 15.6. The molecule has 0 spiro atoms. The molecule has 3 rings (SSSR count). The van der Waals surface area contributed by atoms with E-state index in [1.807, 2.05) is 0 Å². The van der Waals surface area contributed by atoms with Crippen LogP contribution >= 0.6 is 0 Å². The topological polar surface area (TPSA) is 112 Å². The molecular weight excluding hydrogens is 527 g/mol. The standard InChI is InChI=1S/C28H33FN2O7S/c1-35-25-16-23(17-26(36-2)28(25)37-3)31-39(33,34)24-13-9-20(10-14-24)6-4-5-15-30-27(32)19-38-18-21-7-11-22(29)12-8-21/h7-14,16-17,31H,4-6,15,18-19H2,1-3H3,(H,30,32). The number of amides is 1. The van der Waals surface area contributed by atoms with E-state index in [4.69, 9.17) is 18.9 Å². The Morgan fingerprint density at radius 1 is 0.846 bits per heavy atom. The molecule has 0 saturated heterocycles. The van der Waals surface area contributed by atoms with Crippen LogP contribution in [0.5, 0.6) is 17.2 Å². The van der Waals surface area contributed by atoms with Crippen molar-refractivity contribution in [3.8, 4) is 17.2 Å². The van der Waals surface area contributed by atoms with Crippen LogP contribution in [0.1, 0.15) is 24.0 Å². The van der Waals surface area contributed by atoms with Gasteiger partial charge in [-0.25, -0.2) is 12.8 Å². The SMILES string of the molecule is COc1cc(NS(=O)(=O)c2ccc(CCCCNC(=O)COCc3ccc(F)cc3)cc2)cc(OC)c1OC. The van der Waals surface area contributed by atoms with Crippen LogP contribution in [0.4, 0.5) is 10.1 Å². The number of methoxy groups -OCH3 is 3. The van der Waals surface area contributed by atoms with Gasteiger partial charge in [0.25, 0.3) is 10.0 Å². The maximum Gasteiger partial charge on any atom is 0.261 e. The maximum atomic E-state index is 12.9. The third-order valence-electron chi connectivity index (χ3n) is 5.78. The summed E-state index contributed by atoms with van der Waals surface area (Å²) >= 11 is 0. The lowest BCUT2D eigenvalue weighted by molar-refractivity contribution is -0.126. The predicted octanol–water partition coefficient (Wildman–Crippen LogP) is 4.31. The number of benzene rings is 3. The molecule has 0 aliphatic heterocycles. The zero-order chi connectivity index (χ0) is 28.3. The Balaban J connectivity index is 1.42. The average Bonchev–Trinajstić information content (AvgIpc) is 2.93. The summed E-state index contributed by atoms with van der Waals surface area (Å²) in [5.41, 5.74) is 2.05. The number of carbonyl (C=O) groups excluding carboxylic acids is 1. The van der Waals surface area contributed by atoms with Crippen LogP contribution in [0.3, 0.4) is 0 Å². The summed E-state index contributed by atoms with van der Waals surface area (Å²) in [7, 11) is 0.532. The number of ether oxygens (including phenoxy) is 4. The van der Waals surface area contributed by atoms with Gasteiger partial charge in [-0.1, -0.05) is 24.3 Å². The highest BCUT2D eigenvalue weighted by Gasteiger charge is 2.18. The van der Waals surface area contributed by atoms with Gasteiger partial charge in [-0.2, -0.15) is 0 Å². The largest absolute Gasteiger partial charge is 0.493 e. The lowest BCUT2D eigenvalue weighted by Crippen LogP contribution is -2.28. The Bertz CT molecular complexity index is 1310. The van der Waals surface area contributed by atoms with Crippen molar-refractivity contribution < 1.29 is 36.6 Å². The lowest BCUT2D eigenvalue weighted by Gasteiger charge is -2.15. The van der Waals surface area contributed by atoms with Crippen LogP contribution in [0, 0.1) is 5.82 Å². The van der Waals surface area contributed by atoms with Gasteiger partial charge in [0.15, 0.2) is 11.5 Å². The first kappa shape index (κ1) is 29.7. The van der Waals surface area contributed by atoms with Gasteiger partial charge < -0.3 is 24.3 Å². The molecule has 0 aliphatic carbocycles. The molecule has 210 valence electrons. The van der Waals surface area contributed by atoms with Gasteiger partial charge in [-0.05, 0) is 54.7 Å². The predicted molar refractivity (Wildman–Crippen MR) is 145 cm³/mol. The van der Waals surface area contributed by atoms with Crippen molar-refractivity contribution in [3.05, 3.63) is 77.6 Å². The first-order chi connectivity index (χ1) is 18.7. The van der Waals surface area contributed by atoms with Gasteiger partial charge in [0.05, 0.1) is 38.5 Å². The van der Waals surface area contributed by atoms with Crippen molar-refractivity contribution in [2.75, 3.05) is 39.2 Å². The summed E-state index contributed by atoms with van der Waals surface area (Å²) in [5.74, 6) is 0.493. The number of aryl methyl sites for hydroxylation is 1. The number of hydrogen-bond donors (Lipinski definition) is 2. The fraction of sp³-hybridized carbons (Fsp3) is 0.321. The third-order valence-corrected chi connectivity index (χ3v) is 7.18. The minimum Gasteiger partial charge on any atom is -0.493 e. The van der Waals surface area contributed by atoms with E-state index in [9.17, 15) is 17.6 Å². The van der Waals surface area contributed by atoms with E-state index in [1.54, 1.807) is 36.4 Å². The second-order valence-corrected chi connectivity index (χ2v) is 10.3. The minimum absolute atomic E-state index is 0.0720. The zero-order valence-corrected chi connectivity index (χ0v) is 23.0. The zero-order valence-electron chi connectivity index (χ0n) is 22.2. The van der Waals surface area contributed by atoms with Gasteiger partial charge in [0.1, 0.15) is 12.4 Å².